The number of carboxylic acid groups (broad SMARTS) is 1. The minimum Gasteiger partial charge on any atom is -0.480 e. The number of carboxylic acids is 1. The lowest BCUT2D eigenvalue weighted by Gasteiger charge is -2.21. The van der Waals surface area contributed by atoms with Crippen LogP contribution in [-0.4, -0.2) is 47.7 Å². The average molecular weight is 241 g/mol. The fraction of sp³-hybridized carbons (Fsp3) is 0.833. The van der Waals surface area contributed by atoms with Gasteiger partial charge in [0.2, 0.25) is 5.91 Å². The molecule has 5 heteroatoms. The van der Waals surface area contributed by atoms with Crippen LogP contribution in [0.5, 0.6) is 0 Å². The van der Waals surface area contributed by atoms with Crippen molar-refractivity contribution in [1.82, 2.24) is 4.90 Å². The molecule has 1 heterocycles. The molecule has 2 aliphatic rings. The lowest BCUT2D eigenvalue weighted by Crippen LogP contribution is -2.40. The first-order valence-corrected chi connectivity index (χ1v) is 6.28. The zero-order valence-corrected chi connectivity index (χ0v) is 9.93. The van der Waals surface area contributed by atoms with Crippen LogP contribution in [0, 0.1) is 5.92 Å². The van der Waals surface area contributed by atoms with Crippen molar-refractivity contribution in [1.29, 1.82) is 0 Å². The van der Waals surface area contributed by atoms with Crippen LogP contribution in [0.1, 0.15) is 32.1 Å². The summed E-state index contributed by atoms with van der Waals surface area (Å²) in [6, 6.07) is -0.620. The molecule has 0 spiro atoms. The first-order chi connectivity index (χ1) is 8.18. The predicted molar refractivity (Wildman–Crippen MR) is 60.5 cm³/mol. The van der Waals surface area contributed by atoms with Gasteiger partial charge in [0, 0.05) is 13.2 Å². The van der Waals surface area contributed by atoms with E-state index >= 15 is 0 Å². The van der Waals surface area contributed by atoms with E-state index in [1.807, 2.05) is 0 Å². The van der Waals surface area contributed by atoms with Crippen LogP contribution in [0.15, 0.2) is 0 Å². The van der Waals surface area contributed by atoms with E-state index in [1.54, 1.807) is 0 Å². The maximum absolute atomic E-state index is 11.8. The fourth-order valence-corrected chi connectivity index (χ4v) is 2.16. The van der Waals surface area contributed by atoms with Gasteiger partial charge in [0.25, 0.3) is 0 Å². The van der Waals surface area contributed by atoms with E-state index in [-0.39, 0.29) is 5.91 Å². The van der Waals surface area contributed by atoms with Crippen molar-refractivity contribution in [2.45, 2.75) is 38.1 Å². The normalized spacial score (nSPS) is 24.0. The van der Waals surface area contributed by atoms with Gasteiger partial charge >= 0.3 is 5.97 Å². The Morgan fingerprint density at radius 3 is 2.71 bits per heavy atom. The third-order valence-electron chi connectivity index (χ3n) is 3.37. The largest absolute Gasteiger partial charge is 0.480 e. The Bertz CT molecular complexity index is 301. The molecule has 2 fully saturated rings. The van der Waals surface area contributed by atoms with Crippen LogP contribution in [0.2, 0.25) is 0 Å². The Labute approximate surface area is 101 Å². The van der Waals surface area contributed by atoms with E-state index in [2.05, 4.69) is 0 Å². The van der Waals surface area contributed by atoms with Crippen LogP contribution < -0.4 is 0 Å². The minimum atomic E-state index is -0.894. The molecule has 1 N–H and O–H groups in total. The zero-order chi connectivity index (χ0) is 12.3. The zero-order valence-electron chi connectivity index (χ0n) is 9.93. The maximum atomic E-state index is 11.8. The number of rotatable bonds is 6. The highest BCUT2D eigenvalue weighted by Gasteiger charge is 2.33. The molecule has 1 saturated heterocycles. The summed E-state index contributed by atoms with van der Waals surface area (Å²) < 4.78 is 5.39. The summed E-state index contributed by atoms with van der Waals surface area (Å²) >= 11 is 0. The molecule has 0 unspecified atom stereocenters. The Balaban J connectivity index is 1.68. The summed E-state index contributed by atoms with van der Waals surface area (Å²) in [4.78, 5) is 24.2. The number of carbonyl (C=O) groups is 2. The lowest BCUT2D eigenvalue weighted by molar-refractivity contribution is -0.148. The molecule has 1 amide bonds. The molecule has 17 heavy (non-hydrogen) atoms. The topological polar surface area (TPSA) is 66.8 Å². The van der Waals surface area contributed by atoms with Gasteiger partial charge in [-0.05, 0) is 31.6 Å². The predicted octanol–water partition coefficient (Wildman–Crippen LogP) is 0.879. The van der Waals surface area contributed by atoms with E-state index in [4.69, 9.17) is 9.84 Å². The number of likely N-dealkylation sites (tertiary alicyclic amines) is 1. The Morgan fingerprint density at radius 1 is 1.29 bits per heavy atom. The van der Waals surface area contributed by atoms with Gasteiger partial charge in [0.15, 0.2) is 0 Å². The van der Waals surface area contributed by atoms with Crippen molar-refractivity contribution < 1.29 is 19.4 Å². The standard InChI is InChI=1S/C12H19NO4/c14-11(5-7-17-8-9-3-4-9)13-6-1-2-10(13)12(15)16/h9-10H,1-8H2,(H,15,16)/t10-/m0/s1. The highest BCUT2D eigenvalue weighted by atomic mass is 16.5. The van der Waals surface area contributed by atoms with Gasteiger partial charge in [0.05, 0.1) is 13.0 Å². The van der Waals surface area contributed by atoms with Gasteiger partial charge in [-0.3, -0.25) is 4.79 Å². The summed E-state index contributed by atoms with van der Waals surface area (Å²) in [7, 11) is 0. The van der Waals surface area contributed by atoms with Gasteiger partial charge < -0.3 is 14.7 Å². The summed E-state index contributed by atoms with van der Waals surface area (Å²) in [5, 5.41) is 8.96. The van der Waals surface area contributed by atoms with Crippen molar-refractivity contribution >= 4 is 11.9 Å². The maximum Gasteiger partial charge on any atom is 0.326 e. The van der Waals surface area contributed by atoms with Gasteiger partial charge in [0.1, 0.15) is 6.04 Å². The second-order valence-corrected chi connectivity index (χ2v) is 4.85. The number of carbonyl (C=O) groups excluding carboxylic acids is 1. The quantitative estimate of drug-likeness (QED) is 0.701. The van der Waals surface area contributed by atoms with Crippen molar-refractivity contribution in [2.75, 3.05) is 19.8 Å². The van der Waals surface area contributed by atoms with Crippen LogP contribution in [0.25, 0.3) is 0 Å². The molecule has 1 aliphatic heterocycles. The van der Waals surface area contributed by atoms with Gasteiger partial charge in [-0.25, -0.2) is 4.79 Å². The summed E-state index contributed by atoms with van der Waals surface area (Å²) in [6.45, 7) is 1.73. The molecular weight excluding hydrogens is 222 g/mol. The molecule has 1 aliphatic carbocycles. The molecule has 0 bridgehead atoms. The lowest BCUT2D eigenvalue weighted by atomic mass is 10.2. The minimum absolute atomic E-state index is 0.0919. The van der Waals surface area contributed by atoms with Crippen LogP contribution >= 0.6 is 0 Å². The summed E-state index contributed by atoms with van der Waals surface area (Å²) in [5.41, 5.74) is 0. The van der Waals surface area contributed by atoms with Crippen molar-refractivity contribution in [3.63, 3.8) is 0 Å². The SMILES string of the molecule is O=C(O)[C@@H]1CCCN1C(=O)CCOCC1CC1. The molecule has 96 valence electrons. The number of ether oxygens (including phenoxy) is 1. The number of hydrogen-bond donors (Lipinski definition) is 1. The first kappa shape index (κ1) is 12.4. The third-order valence-corrected chi connectivity index (χ3v) is 3.37. The van der Waals surface area contributed by atoms with Crippen molar-refractivity contribution in [3.8, 4) is 0 Å². The molecule has 0 aromatic rings. The molecule has 0 radical (unpaired) electrons. The Morgan fingerprint density at radius 2 is 2.06 bits per heavy atom. The fourth-order valence-electron chi connectivity index (χ4n) is 2.16. The van der Waals surface area contributed by atoms with E-state index in [9.17, 15) is 9.59 Å². The summed E-state index contributed by atoms with van der Waals surface area (Å²) in [6.07, 6.45) is 4.13. The van der Waals surface area contributed by atoms with E-state index < -0.39 is 12.0 Å². The number of amides is 1. The van der Waals surface area contributed by atoms with Crippen molar-refractivity contribution in [2.24, 2.45) is 5.92 Å². The molecule has 1 saturated carbocycles. The molecule has 5 nitrogen and oxygen atoms in total. The number of hydrogen-bond acceptors (Lipinski definition) is 3. The first-order valence-electron chi connectivity index (χ1n) is 6.28. The highest BCUT2D eigenvalue weighted by Crippen LogP contribution is 2.28. The smallest absolute Gasteiger partial charge is 0.326 e. The molecule has 0 aromatic carbocycles. The molecule has 2 rings (SSSR count). The second-order valence-electron chi connectivity index (χ2n) is 4.85. The Hall–Kier alpha value is -1.10. The molecular formula is C12H19NO4. The van der Waals surface area contributed by atoms with Crippen molar-refractivity contribution in [3.05, 3.63) is 0 Å². The second kappa shape index (κ2) is 5.49. The molecule has 1 atom stereocenters. The molecule has 0 aromatic heterocycles. The average Bonchev–Trinajstić information content (AvgIpc) is 2.97. The van der Waals surface area contributed by atoms with Gasteiger partial charge in [-0.15, -0.1) is 0 Å². The van der Waals surface area contributed by atoms with E-state index in [0.717, 1.165) is 13.0 Å². The Kier molecular flexibility index (Phi) is 3.99. The monoisotopic (exact) mass is 241 g/mol. The van der Waals surface area contributed by atoms with Crippen LogP contribution in [0.3, 0.4) is 0 Å². The van der Waals surface area contributed by atoms with Gasteiger partial charge in [-0.1, -0.05) is 0 Å². The highest BCUT2D eigenvalue weighted by molar-refractivity contribution is 5.84. The van der Waals surface area contributed by atoms with Gasteiger partial charge in [-0.2, -0.15) is 0 Å². The number of aliphatic carboxylic acids is 1. The summed E-state index contributed by atoms with van der Waals surface area (Å²) in [5.74, 6) is -0.288. The van der Waals surface area contributed by atoms with Crippen LogP contribution in [-0.2, 0) is 14.3 Å². The van der Waals surface area contributed by atoms with Crippen LogP contribution in [0.4, 0.5) is 0 Å². The third kappa shape index (κ3) is 3.43. The van der Waals surface area contributed by atoms with E-state index in [0.29, 0.717) is 31.9 Å². The number of nitrogens with zero attached hydrogens (tertiary/aromatic N) is 1. The van der Waals surface area contributed by atoms with E-state index in [1.165, 1.54) is 17.7 Å².